The van der Waals surface area contributed by atoms with Crippen LogP contribution >= 0.6 is 0 Å². The highest BCUT2D eigenvalue weighted by atomic mass is 16.5. The zero-order chi connectivity index (χ0) is 25.7. The van der Waals surface area contributed by atoms with Gasteiger partial charge in [0, 0.05) is 19.0 Å². The van der Waals surface area contributed by atoms with E-state index in [0.717, 1.165) is 46.8 Å². The molecule has 0 atom stereocenters. The van der Waals surface area contributed by atoms with Crippen LogP contribution in [0.4, 0.5) is 5.69 Å². The largest absolute Gasteiger partial charge is 0.494 e. The zero-order valence-electron chi connectivity index (χ0n) is 22.4. The minimum atomic E-state index is -0.149. The lowest BCUT2D eigenvalue weighted by molar-refractivity contribution is -0.143. The normalized spacial score (nSPS) is 15.6. The van der Waals surface area contributed by atoms with Gasteiger partial charge in [-0.1, -0.05) is 78.0 Å². The molecule has 0 saturated carbocycles. The summed E-state index contributed by atoms with van der Waals surface area (Å²) in [6.07, 6.45) is 15.7. The Bertz CT molecular complexity index is 953. The predicted molar refractivity (Wildman–Crippen MR) is 147 cm³/mol. The van der Waals surface area contributed by atoms with E-state index < -0.39 is 0 Å². The number of nitrogens with zero attached hydrogens (tertiary/aromatic N) is 2. The average Bonchev–Trinajstić information content (AvgIpc) is 2.84. The molecule has 1 aromatic rings. The molecule has 1 aliphatic carbocycles. The topological polar surface area (TPSA) is 72.3 Å². The summed E-state index contributed by atoms with van der Waals surface area (Å²) in [5.74, 6) is 0.603. The smallest absolute Gasteiger partial charge is 0.306 e. The number of benzene rings is 1. The first-order valence-electron chi connectivity index (χ1n) is 12.8. The maximum absolute atomic E-state index is 12.3. The molecular weight excluding hydrogens is 438 g/mol. The third kappa shape index (κ3) is 9.35. The number of methoxy groups -OCH3 is 1. The van der Waals surface area contributed by atoms with Gasteiger partial charge in [0.2, 0.25) is 0 Å². The van der Waals surface area contributed by atoms with Crippen molar-refractivity contribution in [2.75, 3.05) is 26.2 Å². The SMILES string of the molecule is CCCCCCCCOC(=O)CCc1cc(N/N=C2/C=CC=C/C2=N/C)c(OC)c(C(C)(C)C)c1. The van der Waals surface area contributed by atoms with Gasteiger partial charge in [0.25, 0.3) is 0 Å². The average molecular weight is 482 g/mol. The lowest BCUT2D eigenvalue weighted by atomic mass is 9.84. The number of nitrogens with one attached hydrogen (secondary N) is 1. The third-order valence-corrected chi connectivity index (χ3v) is 5.96. The lowest BCUT2D eigenvalue weighted by Gasteiger charge is -2.25. The van der Waals surface area contributed by atoms with Crippen molar-refractivity contribution in [2.24, 2.45) is 10.1 Å². The number of hydrogen-bond acceptors (Lipinski definition) is 6. The van der Waals surface area contributed by atoms with Crippen molar-refractivity contribution in [3.63, 3.8) is 0 Å². The summed E-state index contributed by atoms with van der Waals surface area (Å²) in [7, 11) is 3.42. The van der Waals surface area contributed by atoms with E-state index in [-0.39, 0.29) is 11.4 Å². The quantitative estimate of drug-likeness (QED) is 0.146. The zero-order valence-corrected chi connectivity index (χ0v) is 22.4. The number of anilines is 1. The summed E-state index contributed by atoms with van der Waals surface area (Å²) < 4.78 is 11.3. The first-order valence-corrected chi connectivity index (χ1v) is 12.8. The second kappa shape index (κ2) is 14.5. The first-order chi connectivity index (χ1) is 16.8. The fourth-order valence-corrected chi connectivity index (χ4v) is 3.95. The van der Waals surface area contributed by atoms with Crippen LogP contribution in [-0.2, 0) is 21.4 Å². The van der Waals surface area contributed by atoms with Crippen molar-refractivity contribution >= 4 is 23.1 Å². The molecule has 1 aliphatic rings. The molecular formula is C29H43N3O3. The van der Waals surface area contributed by atoms with Gasteiger partial charge in [-0.15, -0.1) is 0 Å². The Hall–Kier alpha value is -2.89. The number of hydrazone groups is 1. The molecule has 2 rings (SSSR count). The molecule has 1 N–H and O–H groups in total. The number of unbranched alkanes of at least 4 members (excludes halogenated alkanes) is 5. The Labute approximate surface area is 211 Å². The molecule has 0 aromatic heterocycles. The second-order valence-corrected chi connectivity index (χ2v) is 9.90. The summed E-state index contributed by atoms with van der Waals surface area (Å²) in [4.78, 5) is 16.6. The van der Waals surface area contributed by atoms with Crippen molar-refractivity contribution in [2.45, 2.75) is 84.5 Å². The Kier molecular flexibility index (Phi) is 11.7. The molecule has 35 heavy (non-hydrogen) atoms. The molecule has 0 radical (unpaired) electrons. The van der Waals surface area contributed by atoms with Gasteiger partial charge < -0.3 is 9.47 Å². The molecule has 1 aromatic carbocycles. The van der Waals surface area contributed by atoms with E-state index in [0.29, 0.717) is 19.4 Å². The number of aryl methyl sites for hydroxylation is 1. The number of ether oxygens (including phenoxy) is 2. The molecule has 0 spiro atoms. The minimum absolute atomic E-state index is 0.146. The van der Waals surface area contributed by atoms with Crippen molar-refractivity contribution in [1.82, 2.24) is 0 Å². The molecule has 6 heteroatoms. The van der Waals surface area contributed by atoms with Crippen LogP contribution < -0.4 is 10.2 Å². The molecule has 0 bridgehead atoms. The van der Waals surface area contributed by atoms with Crippen LogP contribution in [0.3, 0.4) is 0 Å². The van der Waals surface area contributed by atoms with Gasteiger partial charge in [0.15, 0.2) is 0 Å². The summed E-state index contributed by atoms with van der Waals surface area (Å²) >= 11 is 0. The van der Waals surface area contributed by atoms with Crippen LogP contribution in [0, 0.1) is 0 Å². The van der Waals surface area contributed by atoms with E-state index in [2.05, 4.69) is 49.3 Å². The van der Waals surface area contributed by atoms with E-state index in [1.54, 1.807) is 14.2 Å². The molecule has 0 aliphatic heterocycles. The Morgan fingerprint density at radius 1 is 1.00 bits per heavy atom. The molecule has 0 fully saturated rings. The number of carbonyl (C=O) groups excluding carboxylic acids is 1. The Morgan fingerprint density at radius 3 is 2.34 bits per heavy atom. The maximum Gasteiger partial charge on any atom is 0.306 e. The number of allylic oxidation sites excluding steroid dienone is 4. The van der Waals surface area contributed by atoms with E-state index >= 15 is 0 Å². The number of aliphatic imine (C=N–C) groups is 1. The van der Waals surface area contributed by atoms with Gasteiger partial charge >= 0.3 is 5.97 Å². The predicted octanol–water partition coefficient (Wildman–Crippen LogP) is 6.79. The van der Waals surface area contributed by atoms with Gasteiger partial charge in [-0.05, 0) is 42.0 Å². The van der Waals surface area contributed by atoms with Gasteiger partial charge in [-0.25, -0.2) is 0 Å². The first kappa shape index (κ1) is 28.3. The Balaban J connectivity index is 2.09. The number of esters is 1. The molecule has 0 unspecified atom stereocenters. The van der Waals surface area contributed by atoms with Crippen molar-refractivity contribution in [3.8, 4) is 5.75 Å². The molecule has 0 amide bonds. The van der Waals surface area contributed by atoms with Gasteiger partial charge in [0.1, 0.15) is 11.5 Å². The number of carbonyl (C=O) groups is 1. The monoisotopic (exact) mass is 481 g/mol. The van der Waals surface area contributed by atoms with Gasteiger partial charge in [-0.3, -0.25) is 15.2 Å². The fraction of sp³-hybridized carbons (Fsp3) is 0.552. The van der Waals surface area contributed by atoms with Crippen molar-refractivity contribution in [1.29, 1.82) is 0 Å². The lowest BCUT2D eigenvalue weighted by Crippen LogP contribution is -2.16. The standard InChI is InChI=1S/C29H43N3O3/c1-7-8-9-10-11-14-19-35-27(33)18-17-22-20-23(29(2,3)4)28(34-6)26(21-22)32-31-25-16-13-12-15-24(25)30-5/h12-13,15-16,20-21,32H,7-11,14,17-19H2,1-6H3/b30-24-,31-25-. The van der Waals surface area contributed by atoms with Gasteiger partial charge in [-0.2, -0.15) is 5.10 Å². The summed E-state index contributed by atoms with van der Waals surface area (Å²) in [5.41, 5.74) is 7.45. The van der Waals surface area contributed by atoms with Crippen molar-refractivity contribution in [3.05, 3.63) is 47.6 Å². The molecule has 6 nitrogen and oxygen atoms in total. The van der Waals surface area contributed by atoms with Crippen LogP contribution in [0.1, 0.15) is 83.8 Å². The Morgan fingerprint density at radius 2 is 1.69 bits per heavy atom. The highest BCUT2D eigenvalue weighted by Gasteiger charge is 2.23. The van der Waals surface area contributed by atoms with Crippen LogP contribution in [0.2, 0.25) is 0 Å². The van der Waals surface area contributed by atoms with E-state index in [1.165, 1.54) is 25.7 Å². The summed E-state index contributed by atoms with van der Waals surface area (Å²) in [6, 6.07) is 4.13. The molecule has 0 heterocycles. The van der Waals surface area contributed by atoms with Gasteiger partial charge in [0.05, 0.1) is 25.1 Å². The fourth-order valence-electron chi connectivity index (χ4n) is 3.95. The van der Waals surface area contributed by atoms with E-state index in [4.69, 9.17) is 9.47 Å². The van der Waals surface area contributed by atoms with Crippen LogP contribution in [-0.4, -0.2) is 38.2 Å². The summed E-state index contributed by atoms with van der Waals surface area (Å²) in [5, 5.41) is 4.58. The highest BCUT2D eigenvalue weighted by molar-refractivity contribution is 6.51. The number of hydrogen-bond donors (Lipinski definition) is 1. The molecule has 192 valence electrons. The van der Waals surface area contributed by atoms with E-state index in [1.807, 2.05) is 30.4 Å². The van der Waals surface area contributed by atoms with Crippen LogP contribution in [0.15, 0.2) is 46.5 Å². The maximum atomic E-state index is 12.3. The summed E-state index contributed by atoms with van der Waals surface area (Å²) in [6.45, 7) is 9.17. The highest BCUT2D eigenvalue weighted by Crippen LogP contribution is 2.38. The van der Waals surface area contributed by atoms with Crippen LogP contribution in [0.5, 0.6) is 5.75 Å². The second-order valence-electron chi connectivity index (χ2n) is 9.90. The number of rotatable bonds is 13. The third-order valence-electron chi connectivity index (χ3n) is 5.96. The van der Waals surface area contributed by atoms with Crippen LogP contribution in [0.25, 0.3) is 0 Å². The van der Waals surface area contributed by atoms with E-state index in [9.17, 15) is 4.79 Å². The molecule has 0 saturated heterocycles. The van der Waals surface area contributed by atoms with Crippen molar-refractivity contribution < 1.29 is 14.3 Å². The minimum Gasteiger partial charge on any atom is -0.494 e.